The number of piperazine rings is 1. The number of carbonyl (C=O) groups excluding carboxylic acids is 1. The Labute approximate surface area is 171 Å². The van der Waals surface area contributed by atoms with Gasteiger partial charge < -0.3 is 20.9 Å². The maximum atomic E-state index is 11.7. The Morgan fingerprint density at radius 3 is 2.54 bits per heavy atom. The number of carbonyl (C=O) groups is 1. The molecule has 3 rings (SSSR count). The maximum absolute atomic E-state index is 11.7. The van der Waals surface area contributed by atoms with Crippen LogP contribution in [0.2, 0.25) is 5.02 Å². The Hall–Kier alpha value is -2.73. The fourth-order valence-electron chi connectivity index (χ4n) is 3.26. The number of aliphatic imine (C=N–C) groups is 1. The van der Waals surface area contributed by atoms with Gasteiger partial charge in [0.25, 0.3) is 5.91 Å². The van der Waals surface area contributed by atoms with Crippen molar-refractivity contribution in [1.29, 1.82) is 0 Å². The lowest BCUT2D eigenvalue weighted by Gasteiger charge is -2.36. The first kappa shape index (κ1) is 20.0. The second-order valence-corrected chi connectivity index (χ2v) is 7.16. The van der Waals surface area contributed by atoms with Crippen molar-refractivity contribution in [2.24, 2.45) is 10.7 Å². The third-order valence-electron chi connectivity index (χ3n) is 4.89. The van der Waals surface area contributed by atoms with Crippen LogP contribution in [-0.2, 0) is 6.42 Å². The molecule has 0 aliphatic carbocycles. The highest BCUT2D eigenvalue weighted by atomic mass is 35.5. The minimum atomic E-state index is -0.0802. The van der Waals surface area contributed by atoms with E-state index in [2.05, 4.69) is 20.1 Å². The third-order valence-corrected chi connectivity index (χ3v) is 5.14. The number of hydrogen-bond acceptors (Lipinski definition) is 3. The van der Waals surface area contributed by atoms with E-state index in [1.54, 1.807) is 13.1 Å². The van der Waals surface area contributed by atoms with Crippen molar-refractivity contribution >= 4 is 29.2 Å². The number of hydrogen-bond donors (Lipinski definition) is 2. The lowest BCUT2D eigenvalue weighted by molar-refractivity contribution is 0.0963. The molecule has 2 aromatic rings. The number of guanidine groups is 1. The number of amides is 1. The van der Waals surface area contributed by atoms with Crippen molar-refractivity contribution in [3.8, 4) is 0 Å². The highest BCUT2D eigenvalue weighted by Crippen LogP contribution is 2.19. The molecule has 0 atom stereocenters. The summed E-state index contributed by atoms with van der Waals surface area (Å²) in [7, 11) is 1.63. The summed E-state index contributed by atoms with van der Waals surface area (Å²) < 4.78 is 0. The van der Waals surface area contributed by atoms with Crippen LogP contribution >= 0.6 is 11.6 Å². The number of nitrogens with two attached hydrogens (primary N) is 1. The summed E-state index contributed by atoms with van der Waals surface area (Å²) in [5.41, 5.74) is 9.11. The van der Waals surface area contributed by atoms with Gasteiger partial charge in [-0.3, -0.25) is 9.79 Å². The molecule has 1 aliphatic rings. The van der Waals surface area contributed by atoms with Crippen LogP contribution in [-0.4, -0.2) is 56.5 Å². The van der Waals surface area contributed by atoms with E-state index in [0.29, 0.717) is 18.1 Å². The number of halogens is 1. The molecule has 0 bridgehead atoms. The van der Waals surface area contributed by atoms with Gasteiger partial charge in [0.2, 0.25) is 0 Å². The van der Waals surface area contributed by atoms with Crippen LogP contribution in [0.4, 0.5) is 5.69 Å². The zero-order valence-electron chi connectivity index (χ0n) is 16.1. The van der Waals surface area contributed by atoms with Gasteiger partial charge in [-0.2, -0.15) is 0 Å². The molecule has 6 nitrogen and oxygen atoms in total. The van der Waals surface area contributed by atoms with Gasteiger partial charge in [-0.15, -0.1) is 0 Å². The molecule has 1 heterocycles. The SMILES string of the molecule is CNC(=O)c1cccc(CCN=C(N)N2CCN(c3ccc(Cl)cc3)CC2)c1. The van der Waals surface area contributed by atoms with Gasteiger partial charge in [-0.25, -0.2) is 0 Å². The van der Waals surface area contributed by atoms with E-state index in [4.69, 9.17) is 17.3 Å². The van der Waals surface area contributed by atoms with Crippen molar-refractivity contribution < 1.29 is 4.79 Å². The average molecular weight is 400 g/mol. The molecular weight excluding hydrogens is 374 g/mol. The van der Waals surface area contributed by atoms with E-state index in [0.717, 1.165) is 43.2 Å². The fraction of sp³-hybridized carbons (Fsp3) is 0.333. The number of nitrogens with zero attached hydrogens (tertiary/aromatic N) is 3. The van der Waals surface area contributed by atoms with E-state index in [-0.39, 0.29) is 5.91 Å². The second-order valence-electron chi connectivity index (χ2n) is 6.72. The van der Waals surface area contributed by atoms with Crippen molar-refractivity contribution in [1.82, 2.24) is 10.2 Å². The molecule has 0 aromatic heterocycles. The standard InChI is InChI=1S/C21H26ClN5O/c1-24-20(28)17-4-2-3-16(15-17)9-10-25-21(23)27-13-11-26(12-14-27)19-7-5-18(22)6-8-19/h2-8,15H,9-14H2,1H3,(H2,23,25)(H,24,28). The van der Waals surface area contributed by atoms with Gasteiger partial charge in [-0.05, 0) is 48.4 Å². The van der Waals surface area contributed by atoms with Gasteiger partial charge >= 0.3 is 0 Å². The van der Waals surface area contributed by atoms with Crippen LogP contribution in [0.15, 0.2) is 53.5 Å². The van der Waals surface area contributed by atoms with E-state index < -0.39 is 0 Å². The smallest absolute Gasteiger partial charge is 0.251 e. The first-order valence-corrected chi connectivity index (χ1v) is 9.81. The summed E-state index contributed by atoms with van der Waals surface area (Å²) >= 11 is 5.96. The Morgan fingerprint density at radius 1 is 1.14 bits per heavy atom. The van der Waals surface area contributed by atoms with E-state index in [1.165, 1.54) is 5.69 Å². The number of rotatable bonds is 5. The lowest BCUT2D eigenvalue weighted by Crippen LogP contribution is -2.51. The zero-order valence-corrected chi connectivity index (χ0v) is 16.8. The molecule has 1 fully saturated rings. The first-order chi connectivity index (χ1) is 13.6. The molecule has 7 heteroatoms. The van der Waals surface area contributed by atoms with Crippen LogP contribution in [0.1, 0.15) is 15.9 Å². The van der Waals surface area contributed by atoms with Crippen LogP contribution in [0.3, 0.4) is 0 Å². The normalized spacial score (nSPS) is 14.9. The van der Waals surface area contributed by atoms with Gasteiger partial charge in [0.05, 0.1) is 0 Å². The highest BCUT2D eigenvalue weighted by molar-refractivity contribution is 6.30. The topological polar surface area (TPSA) is 74.0 Å². The van der Waals surface area contributed by atoms with Crippen molar-refractivity contribution in [3.63, 3.8) is 0 Å². The minimum absolute atomic E-state index is 0.0802. The third kappa shape index (κ3) is 5.16. The maximum Gasteiger partial charge on any atom is 0.251 e. The molecule has 0 unspecified atom stereocenters. The first-order valence-electron chi connectivity index (χ1n) is 9.43. The Bertz CT molecular complexity index is 829. The molecule has 1 amide bonds. The number of nitrogens with one attached hydrogen (secondary N) is 1. The average Bonchev–Trinajstić information content (AvgIpc) is 2.74. The summed E-state index contributed by atoms with van der Waals surface area (Å²) in [4.78, 5) is 20.7. The summed E-state index contributed by atoms with van der Waals surface area (Å²) in [5.74, 6) is 0.502. The predicted molar refractivity (Wildman–Crippen MR) is 115 cm³/mol. The summed E-state index contributed by atoms with van der Waals surface area (Å²) in [6, 6.07) is 15.5. The number of benzene rings is 2. The molecule has 148 valence electrons. The van der Waals surface area contributed by atoms with Gasteiger partial charge in [0.1, 0.15) is 0 Å². The van der Waals surface area contributed by atoms with Crippen molar-refractivity contribution in [2.45, 2.75) is 6.42 Å². The quantitative estimate of drug-likeness (QED) is 0.598. The molecule has 0 saturated carbocycles. The van der Waals surface area contributed by atoms with Gasteiger partial charge in [0, 0.05) is 56.0 Å². The Balaban J connectivity index is 1.50. The van der Waals surface area contributed by atoms with Crippen molar-refractivity contribution in [3.05, 3.63) is 64.7 Å². The summed E-state index contributed by atoms with van der Waals surface area (Å²) in [6.07, 6.45) is 0.746. The largest absolute Gasteiger partial charge is 0.370 e. The summed E-state index contributed by atoms with van der Waals surface area (Å²) in [6.45, 7) is 4.06. The molecule has 1 aliphatic heterocycles. The zero-order chi connectivity index (χ0) is 19.9. The van der Waals surface area contributed by atoms with E-state index >= 15 is 0 Å². The molecular formula is C21H26ClN5O. The monoisotopic (exact) mass is 399 g/mol. The molecule has 0 radical (unpaired) electrons. The fourth-order valence-corrected chi connectivity index (χ4v) is 3.38. The molecule has 3 N–H and O–H groups in total. The number of anilines is 1. The van der Waals surface area contributed by atoms with E-state index in [9.17, 15) is 4.79 Å². The van der Waals surface area contributed by atoms with Crippen molar-refractivity contribution in [2.75, 3.05) is 44.7 Å². The highest BCUT2D eigenvalue weighted by Gasteiger charge is 2.18. The molecule has 2 aromatic carbocycles. The molecule has 28 heavy (non-hydrogen) atoms. The summed E-state index contributed by atoms with van der Waals surface area (Å²) in [5, 5.41) is 3.39. The Morgan fingerprint density at radius 2 is 1.86 bits per heavy atom. The van der Waals surface area contributed by atoms with Crippen LogP contribution in [0.25, 0.3) is 0 Å². The molecule has 1 saturated heterocycles. The predicted octanol–water partition coefficient (Wildman–Crippen LogP) is 2.38. The van der Waals surface area contributed by atoms with Gasteiger partial charge in [0.15, 0.2) is 5.96 Å². The lowest BCUT2D eigenvalue weighted by atomic mass is 10.1. The second kappa shape index (κ2) is 9.46. The van der Waals surface area contributed by atoms with E-state index in [1.807, 2.05) is 42.5 Å². The Kier molecular flexibility index (Phi) is 6.76. The van der Waals surface area contributed by atoms with Crippen LogP contribution < -0.4 is 16.0 Å². The van der Waals surface area contributed by atoms with Gasteiger partial charge in [-0.1, -0.05) is 23.7 Å². The van der Waals surface area contributed by atoms with Crippen LogP contribution in [0.5, 0.6) is 0 Å². The molecule has 0 spiro atoms. The minimum Gasteiger partial charge on any atom is -0.370 e. The van der Waals surface area contributed by atoms with Crippen LogP contribution in [0, 0.1) is 0 Å².